The number of halogens is 4. The molecule has 2 aromatic carbocycles. The monoisotopic (exact) mass is 475 g/mol. The minimum atomic E-state index is -4.52. The number of nitro benzene ring substituents is 1. The van der Waals surface area contributed by atoms with Crippen molar-refractivity contribution in [2.24, 2.45) is 0 Å². The molecule has 0 N–H and O–H groups in total. The molecule has 11 heteroatoms. The molecule has 0 spiro atoms. The van der Waals surface area contributed by atoms with Crippen molar-refractivity contribution in [3.8, 4) is 11.5 Å². The molecule has 0 radical (unpaired) electrons. The van der Waals surface area contributed by atoms with Gasteiger partial charge in [-0.3, -0.25) is 10.1 Å². The van der Waals surface area contributed by atoms with E-state index in [0.29, 0.717) is 13.0 Å². The van der Waals surface area contributed by atoms with E-state index < -0.39 is 34.4 Å². The Morgan fingerprint density at radius 3 is 2.59 bits per heavy atom. The topological polar surface area (TPSA) is 87.9 Å². The maximum Gasteiger partial charge on any atom is 0.416 e. The van der Waals surface area contributed by atoms with Gasteiger partial charge in [0.25, 0.3) is 5.69 Å². The van der Waals surface area contributed by atoms with Crippen LogP contribution in [0, 0.1) is 10.1 Å². The molecule has 1 fully saturated rings. The van der Waals surface area contributed by atoms with E-state index in [0.717, 1.165) is 30.3 Å². The average molecular weight is 476 g/mol. The van der Waals surface area contributed by atoms with Crippen molar-refractivity contribution in [3.63, 3.8) is 0 Å². The number of rotatable bonds is 5. The molecule has 1 unspecified atom stereocenters. The van der Waals surface area contributed by atoms with Crippen LogP contribution in [0.1, 0.15) is 22.3 Å². The maximum absolute atomic E-state index is 12.8. The highest BCUT2D eigenvalue weighted by Gasteiger charge is 2.31. The second-order valence-electron chi connectivity index (χ2n) is 6.07. The number of benzene rings is 2. The van der Waals surface area contributed by atoms with Crippen molar-refractivity contribution in [1.82, 2.24) is 0 Å². The van der Waals surface area contributed by atoms with Crippen molar-refractivity contribution >= 4 is 27.6 Å². The Labute approximate surface area is 170 Å². The molecule has 154 valence electrons. The van der Waals surface area contributed by atoms with Gasteiger partial charge in [-0.25, -0.2) is 4.79 Å². The summed E-state index contributed by atoms with van der Waals surface area (Å²) in [5.74, 6) is -0.856. The van der Waals surface area contributed by atoms with Crippen LogP contribution in [0.25, 0.3) is 0 Å². The molecule has 0 bridgehead atoms. The van der Waals surface area contributed by atoms with Gasteiger partial charge < -0.3 is 14.2 Å². The van der Waals surface area contributed by atoms with E-state index in [1.165, 1.54) is 6.07 Å². The van der Waals surface area contributed by atoms with Crippen LogP contribution < -0.4 is 4.74 Å². The molecule has 3 rings (SSSR count). The van der Waals surface area contributed by atoms with Crippen LogP contribution in [0.5, 0.6) is 11.5 Å². The minimum Gasteiger partial charge on any atom is -0.456 e. The first kappa shape index (κ1) is 21.1. The molecule has 2 aromatic rings. The van der Waals surface area contributed by atoms with Crippen LogP contribution in [-0.2, 0) is 15.7 Å². The van der Waals surface area contributed by atoms with E-state index in [2.05, 4.69) is 15.9 Å². The van der Waals surface area contributed by atoms with Crippen molar-refractivity contribution in [1.29, 1.82) is 0 Å². The maximum atomic E-state index is 12.8. The van der Waals surface area contributed by atoms with Crippen molar-refractivity contribution in [2.75, 3.05) is 13.2 Å². The number of ether oxygens (including phenoxy) is 3. The zero-order valence-electron chi connectivity index (χ0n) is 14.6. The highest BCUT2D eigenvalue weighted by atomic mass is 79.9. The van der Waals surface area contributed by atoms with Gasteiger partial charge in [0.05, 0.1) is 28.2 Å². The molecule has 1 heterocycles. The third-order valence-electron chi connectivity index (χ3n) is 4.03. The molecule has 7 nitrogen and oxygen atoms in total. The molecule has 29 heavy (non-hydrogen) atoms. The smallest absolute Gasteiger partial charge is 0.416 e. The van der Waals surface area contributed by atoms with E-state index in [-0.39, 0.29) is 28.1 Å². The lowest BCUT2D eigenvalue weighted by Crippen LogP contribution is -2.19. The number of alkyl halides is 3. The Morgan fingerprint density at radius 2 is 2.00 bits per heavy atom. The summed E-state index contributed by atoms with van der Waals surface area (Å²) in [6.07, 6.45) is -4.54. The van der Waals surface area contributed by atoms with Gasteiger partial charge in [-0.1, -0.05) is 0 Å². The van der Waals surface area contributed by atoms with Gasteiger partial charge in [0.15, 0.2) is 0 Å². The Bertz CT molecular complexity index is 944. The molecule has 0 aliphatic carbocycles. The SMILES string of the molecule is O=C(OC1CCOC1)c1cc(Oc2ccc(C(F)(F)F)cc2Br)ccc1[N+](=O)[O-]. The van der Waals surface area contributed by atoms with Crippen LogP contribution in [0.15, 0.2) is 40.9 Å². The Morgan fingerprint density at radius 1 is 1.24 bits per heavy atom. The predicted molar refractivity (Wildman–Crippen MR) is 97.0 cm³/mol. The molecule has 1 saturated heterocycles. The fourth-order valence-corrected chi connectivity index (χ4v) is 3.07. The summed E-state index contributed by atoms with van der Waals surface area (Å²) in [6, 6.07) is 6.19. The van der Waals surface area contributed by atoms with E-state index >= 15 is 0 Å². The van der Waals surface area contributed by atoms with E-state index in [1.807, 2.05) is 0 Å². The number of hydrogen-bond donors (Lipinski definition) is 0. The first-order valence-corrected chi connectivity index (χ1v) is 9.06. The third kappa shape index (κ3) is 5.04. The fraction of sp³-hybridized carbons (Fsp3) is 0.278. The first-order valence-electron chi connectivity index (χ1n) is 8.27. The van der Waals surface area contributed by atoms with Gasteiger partial charge in [-0.15, -0.1) is 0 Å². The number of nitrogens with zero attached hydrogens (tertiary/aromatic N) is 1. The van der Waals surface area contributed by atoms with E-state index in [1.54, 1.807) is 0 Å². The molecule has 1 aliphatic rings. The van der Waals surface area contributed by atoms with Gasteiger partial charge in [0.1, 0.15) is 23.2 Å². The summed E-state index contributed by atoms with van der Waals surface area (Å²) >= 11 is 3.00. The second kappa shape index (κ2) is 8.37. The molecular formula is C18H13BrF3NO6. The molecule has 1 aliphatic heterocycles. The summed E-state index contributed by atoms with van der Waals surface area (Å²) in [5, 5.41) is 11.2. The molecule has 0 amide bonds. The summed E-state index contributed by atoms with van der Waals surface area (Å²) in [6.45, 7) is 0.624. The molecule has 0 aromatic heterocycles. The molecular weight excluding hydrogens is 463 g/mol. The average Bonchev–Trinajstić information content (AvgIpc) is 3.15. The van der Waals surface area contributed by atoms with Gasteiger partial charge in [0, 0.05) is 18.6 Å². The largest absolute Gasteiger partial charge is 0.456 e. The Hall–Kier alpha value is -2.66. The fourth-order valence-electron chi connectivity index (χ4n) is 2.61. The normalized spacial score (nSPS) is 16.5. The van der Waals surface area contributed by atoms with Crippen molar-refractivity contribution in [3.05, 3.63) is 62.1 Å². The van der Waals surface area contributed by atoms with Crippen LogP contribution in [-0.4, -0.2) is 30.2 Å². The predicted octanol–water partition coefficient (Wildman–Crippen LogP) is 5.11. The zero-order chi connectivity index (χ0) is 21.2. The van der Waals surface area contributed by atoms with E-state index in [4.69, 9.17) is 14.2 Å². The Balaban J connectivity index is 1.86. The van der Waals surface area contributed by atoms with Gasteiger partial charge in [0.2, 0.25) is 0 Å². The van der Waals surface area contributed by atoms with Gasteiger partial charge in [-0.05, 0) is 40.2 Å². The quantitative estimate of drug-likeness (QED) is 0.339. The lowest BCUT2D eigenvalue weighted by Gasteiger charge is -2.13. The number of carbonyl (C=O) groups is 1. The third-order valence-corrected chi connectivity index (χ3v) is 4.65. The minimum absolute atomic E-state index is 0.0191. The highest BCUT2D eigenvalue weighted by Crippen LogP contribution is 2.37. The van der Waals surface area contributed by atoms with Crippen molar-refractivity contribution < 1.29 is 37.1 Å². The summed E-state index contributed by atoms with van der Waals surface area (Å²) in [5.41, 5.74) is -1.68. The molecule has 1 atom stereocenters. The van der Waals surface area contributed by atoms with Crippen LogP contribution in [0.4, 0.5) is 18.9 Å². The van der Waals surface area contributed by atoms with Crippen molar-refractivity contribution in [2.45, 2.75) is 18.7 Å². The number of nitro groups is 1. The first-order chi connectivity index (χ1) is 13.6. The summed E-state index contributed by atoms with van der Waals surface area (Å²) in [4.78, 5) is 22.9. The second-order valence-corrected chi connectivity index (χ2v) is 6.93. The number of carbonyl (C=O) groups excluding carboxylic acids is 1. The number of esters is 1. The van der Waals surface area contributed by atoms with Gasteiger partial charge >= 0.3 is 12.1 Å². The lowest BCUT2D eigenvalue weighted by molar-refractivity contribution is -0.385. The highest BCUT2D eigenvalue weighted by molar-refractivity contribution is 9.10. The number of hydrogen-bond acceptors (Lipinski definition) is 6. The summed E-state index contributed by atoms with van der Waals surface area (Å²) < 4.78 is 54.1. The Kier molecular flexibility index (Phi) is 6.08. The van der Waals surface area contributed by atoms with Crippen LogP contribution >= 0.6 is 15.9 Å². The van der Waals surface area contributed by atoms with Crippen LogP contribution in [0.3, 0.4) is 0 Å². The van der Waals surface area contributed by atoms with E-state index in [9.17, 15) is 28.1 Å². The standard InChI is InChI=1S/C18H13BrF3NO6/c19-14-7-10(18(20,21)22)1-4-16(14)28-11-2-3-15(23(25)26)13(8-11)17(24)29-12-5-6-27-9-12/h1-4,7-8,12H,5-6,9H2. The zero-order valence-corrected chi connectivity index (χ0v) is 16.2. The molecule has 0 saturated carbocycles. The van der Waals surface area contributed by atoms with Crippen LogP contribution in [0.2, 0.25) is 0 Å². The van der Waals surface area contributed by atoms with Gasteiger partial charge in [-0.2, -0.15) is 13.2 Å². The summed E-state index contributed by atoms with van der Waals surface area (Å²) in [7, 11) is 0. The lowest BCUT2D eigenvalue weighted by atomic mass is 10.1.